The van der Waals surface area contributed by atoms with Crippen LogP contribution in [0.2, 0.25) is 0 Å². The minimum atomic E-state index is -0.157. The fourth-order valence-corrected chi connectivity index (χ4v) is 2.23. The van der Waals surface area contributed by atoms with Crippen LogP contribution in [0.15, 0.2) is 29.1 Å². The second-order valence-corrected chi connectivity index (χ2v) is 4.34. The number of nitrogens with two attached hydrogens (primary N) is 1. The minimum absolute atomic E-state index is 0.157. The molecule has 0 aliphatic rings. The number of rotatable bonds is 3. The number of ether oxygens (including phenoxy) is 1. The standard InChI is InChI=1S/C12H14N2OS/c1-8-5-9(3-4-11(8)15-2)12(13)10-6-16-7-14-10/h3-7,12H,13H2,1-2H3. The van der Waals surface area contributed by atoms with Gasteiger partial charge in [0.1, 0.15) is 5.75 Å². The molecule has 0 aliphatic carbocycles. The van der Waals surface area contributed by atoms with Crippen molar-refractivity contribution in [3.8, 4) is 5.75 Å². The Morgan fingerprint density at radius 3 is 2.81 bits per heavy atom. The van der Waals surface area contributed by atoms with Crippen LogP contribution in [0.3, 0.4) is 0 Å². The van der Waals surface area contributed by atoms with Crippen molar-refractivity contribution in [2.45, 2.75) is 13.0 Å². The fourth-order valence-electron chi connectivity index (χ4n) is 1.64. The van der Waals surface area contributed by atoms with Gasteiger partial charge in [-0.05, 0) is 24.1 Å². The molecule has 0 bridgehead atoms. The summed E-state index contributed by atoms with van der Waals surface area (Å²) in [5, 5.41) is 1.98. The highest BCUT2D eigenvalue weighted by atomic mass is 32.1. The molecule has 1 heterocycles. The smallest absolute Gasteiger partial charge is 0.121 e. The Labute approximate surface area is 98.9 Å². The van der Waals surface area contributed by atoms with Crippen molar-refractivity contribution >= 4 is 11.3 Å². The summed E-state index contributed by atoms with van der Waals surface area (Å²) in [6.07, 6.45) is 0. The monoisotopic (exact) mass is 234 g/mol. The molecule has 1 aromatic heterocycles. The maximum Gasteiger partial charge on any atom is 0.121 e. The number of nitrogens with zero attached hydrogens (tertiary/aromatic N) is 1. The summed E-state index contributed by atoms with van der Waals surface area (Å²) in [6.45, 7) is 2.01. The number of methoxy groups -OCH3 is 1. The molecule has 16 heavy (non-hydrogen) atoms. The molecule has 0 saturated heterocycles. The van der Waals surface area contributed by atoms with E-state index in [0.29, 0.717) is 0 Å². The predicted octanol–water partition coefficient (Wildman–Crippen LogP) is 2.51. The van der Waals surface area contributed by atoms with Crippen molar-refractivity contribution in [1.82, 2.24) is 4.98 Å². The van der Waals surface area contributed by atoms with E-state index in [4.69, 9.17) is 10.5 Å². The third-order valence-corrected chi connectivity index (χ3v) is 3.15. The number of hydrogen-bond acceptors (Lipinski definition) is 4. The number of aryl methyl sites for hydroxylation is 1. The van der Waals surface area contributed by atoms with Gasteiger partial charge in [0.15, 0.2) is 0 Å². The average Bonchev–Trinajstić information content (AvgIpc) is 2.81. The van der Waals surface area contributed by atoms with Crippen LogP contribution in [0.5, 0.6) is 5.75 Å². The zero-order chi connectivity index (χ0) is 11.5. The lowest BCUT2D eigenvalue weighted by Crippen LogP contribution is -2.12. The van der Waals surface area contributed by atoms with Crippen molar-refractivity contribution in [2.75, 3.05) is 7.11 Å². The molecule has 0 fully saturated rings. The Balaban J connectivity index is 2.31. The van der Waals surface area contributed by atoms with Gasteiger partial charge in [-0.15, -0.1) is 11.3 Å². The van der Waals surface area contributed by atoms with Crippen molar-refractivity contribution in [3.05, 3.63) is 45.9 Å². The van der Waals surface area contributed by atoms with Gasteiger partial charge in [-0.1, -0.05) is 12.1 Å². The second-order valence-electron chi connectivity index (χ2n) is 3.62. The van der Waals surface area contributed by atoms with Gasteiger partial charge in [0.25, 0.3) is 0 Å². The van der Waals surface area contributed by atoms with E-state index < -0.39 is 0 Å². The van der Waals surface area contributed by atoms with Crippen LogP contribution in [-0.2, 0) is 0 Å². The van der Waals surface area contributed by atoms with E-state index in [9.17, 15) is 0 Å². The SMILES string of the molecule is COc1ccc(C(N)c2cscn2)cc1C. The van der Waals surface area contributed by atoms with E-state index in [1.807, 2.05) is 30.5 Å². The quantitative estimate of drug-likeness (QED) is 0.887. The zero-order valence-corrected chi connectivity index (χ0v) is 10.1. The molecule has 1 unspecified atom stereocenters. The van der Waals surface area contributed by atoms with Crippen LogP contribution in [0.25, 0.3) is 0 Å². The molecule has 0 radical (unpaired) electrons. The number of hydrogen-bond donors (Lipinski definition) is 1. The molecule has 1 aromatic carbocycles. The van der Waals surface area contributed by atoms with Crippen molar-refractivity contribution in [1.29, 1.82) is 0 Å². The van der Waals surface area contributed by atoms with Crippen LogP contribution in [0.4, 0.5) is 0 Å². The lowest BCUT2D eigenvalue weighted by molar-refractivity contribution is 0.411. The first-order chi connectivity index (χ1) is 7.72. The molecule has 0 saturated carbocycles. The predicted molar refractivity (Wildman–Crippen MR) is 65.9 cm³/mol. The first kappa shape index (κ1) is 11.1. The molecule has 3 nitrogen and oxygen atoms in total. The van der Waals surface area contributed by atoms with Gasteiger partial charge < -0.3 is 10.5 Å². The summed E-state index contributed by atoms with van der Waals surface area (Å²) >= 11 is 1.56. The second kappa shape index (κ2) is 4.63. The van der Waals surface area contributed by atoms with E-state index in [0.717, 1.165) is 22.6 Å². The lowest BCUT2D eigenvalue weighted by atomic mass is 10.0. The topological polar surface area (TPSA) is 48.1 Å². The Morgan fingerprint density at radius 1 is 1.44 bits per heavy atom. The van der Waals surface area contributed by atoms with E-state index in [-0.39, 0.29) is 6.04 Å². The number of thiazole rings is 1. The summed E-state index contributed by atoms with van der Waals surface area (Å²) < 4.78 is 5.22. The van der Waals surface area contributed by atoms with E-state index in [1.54, 1.807) is 24.0 Å². The maximum atomic E-state index is 6.12. The van der Waals surface area contributed by atoms with Crippen LogP contribution in [-0.4, -0.2) is 12.1 Å². The summed E-state index contributed by atoms with van der Waals surface area (Å²) in [4.78, 5) is 4.23. The van der Waals surface area contributed by atoms with Gasteiger partial charge in [-0.25, -0.2) is 4.98 Å². The third kappa shape index (κ3) is 2.08. The zero-order valence-electron chi connectivity index (χ0n) is 9.31. The van der Waals surface area contributed by atoms with Crippen LogP contribution >= 0.6 is 11.3 Å². The third-order valence-electron chi connectivity index (χ3n) is 2.55. The molecule has 0 aliphatic heterocycles. The largest absolute Gasteiger partial charge is 0.496 e. The Hall–Kier alpha value is -1.39. The lowest BCUT2D eigenvalue weighted by Gasteiger charge is -2.12. The van der Waals surface area contributed by atoms with Gasteiger partial charge >= 0.3 is 0 Å². The summed E-state index contributed by atoms with van der Waals surface area (Å²) in [7, 11) is 1.67. The normalized spacial score (nSPS) is 12.4. The van der Waals surface area contributed by atoms with Crippen LogP contribution in [0.1, 0.15) is 22.9 Å². The van der Waals surface area contributed by atoms with Crippen molar-refractivity contribution in [2.24, 2.45) is 5.73 Å². The van der Waals surface area contributed by atoms with Gasteiger partial charge in [-0.3, -0.25) is 0 Å². The number of aromatic nitrogens is 1. The Morgan fingerprint density at radius 2 is 2.25 bits per heavy atom. The van der Waals surface area contributed by atoms with E-state index >= 15 is 0 Å². The molecule has 2 rings (SSSR count). The fraction of sp³-hybridized carbons (Fsp3) is 0.250. The summed E-state index contributed by atoms with van der Waals surface area (Å²) in [5.74, 6) is 0.884. The van der Waals surface area contributed by atoms with Crippen molar-refractivity contribution < 1.29 is 4.74 Å². The maximum absolute atomic E-state index is 6.12. The van der Waals surface area contributed by atoms with Crippen LogP contribution in [0, 0.1) is 6.92 Å². The highest BCUT2D eigenvalue weighted by Crippen LogP contribution is 2.24. The molecule has 4 heteroatoms. The summed E-state index contributed by atoms with van der Waals surface area (Å²) in [5.41, 5.74) is 11.0. The Bertz CT molecular complexity index is 468. The van der Waals surface area contributed by atoms with Crippen molar-refractivity contribution in [3.63, 3.8) is 0 Å². The van der Waals surface area contributed by atoms with Gasteiger partial charge in [0.2, 0.25) is 0 Å². The van der Waals surface area contributed by atoms with Gasteiger partial charge in [0, 0.05) is 5.38 Å². The number of benzene rings is 1. The molecule has 84 valence electrons. The molecular formula is C12H14N2OS. The molecule has 0 amide bonds. The minimum Gasteiger partial charge on any atom is -0.496 e. The van der Waals surface area contributed by atoms with E-state index in [1.165, 1.54) is 0 Å². The Kier molecular flexibility index (Phi) is 3.22. The molecule has 1 atom stereocenters. The molecule has 2 N–H and O–H groups in total. The van der Waals surface area contributed by atoms with Gasteiger partial charge in [-0.2, -0.15) is 0 Å². The first-order valence-electron chi connectivity index (χ1n) is 5.00. The molecule has 0 spiro atoms. The molecular weight excluding hydrogens is 220 g/mol. The van der Waals surface area contributed by atoms with E-state index in [2.05, 4.69) is 4.98 Å². The van der Waals surface area contributed by atoms with Gasteiger partial charge in [0.05, 0.1) is 24.4 Å². The first-order valence-corrected chi connectivity index (χ1v) is 5.95. The summed E-state index contributed by atoms with van der Waals surface area (Å²) in [6, 6.07) is 5.81. The van der Waals surface area contributed by atoms with Crippen LogP contribution < -0.4 is 10.5 Å². The highest BCUT2D eigenvalue weighted by molar-refractivity contribution is 7.07. The molecule has 2 aromatic rings. The highest BCUT2D eigenvalue weighted by Gasteiger charge is 2.11. The average molecular weight is 234 g/mol.